The smallest absolute Gasteiger partial charge is 0.220 e. The maximum absolute atomic E-state index is 11.6. The Morgan fingerprint density at radius 3 is 2.76 bits per heavy atom. The molecule has 2 aromatic heterocycles. The summed E-state index contributed by atoms with van der Waals surface area (Å²) in [6.07, 6.45) is 6.19. The number of carbonyl (C=O) groups is 1. The Hall–Kier alpha value is -1.55. The minimum atomic E-state index is 0. The van der Waals surface area contributed by atoms with Crippen molar-refractivity contribution in [2.24, 2.45) is 10.9 Å². The number of halogens is 1. The Bertz CT molecular complexity index is 726. The number of furan rings is 1. The Balaban J connectivity index is 0.00000300. The lowest BCUT2D eigenvalue weighted by molar-refractivity contribution is -0.121. The fourth-order valence-corrected chi connectivity index (χ4v) is 4.16. The highest BCUT2D eigenvalue weighted by molar-refractivity contribution is 14.0. The van der Waals surface area contributed by atoms with Crippen molar-refractivity contribution in [2.75, 3.05) is 33.2 Å². The van der Waals surface area contributed by atoms with Crippen molar-refractivity contribution >= 4 is 47.2 Å². The summed E-state index contributed by atoms with van der Waals surface area (Å²) in [7, 11) is 1.71. The lowest BCUT2D eigenvalue weighted by Gasteiger charge is -2.34. The van der Waals surface area contributed by atoms with Gasteiger partial charge in [-0.25, -0.2) is 0 Å². The molecular weight excluding hydrogens is 499 g/mol. The molecule has 1 aliphatic rings. The van der Waals surface area contributed by atoms with E-state index in [-0.39, 0.29) is 29.9 Å². The standard InChI is InChI=1S/C21H30N4O2S.HI/c1-22-20(26)16-17-8-12-25(13-9-17)21(23-10-6-18-4-2-14-27-18)24-11-7-19-5-3-15-28-19;/h2-5,14-15,17H,6-13,16H2,1H3,(H,22,26)(H,23,24);1H. The number of amides is 1. The maximum atomic E-state index is 11.6. The van der Waals surface area contributed by atoms with Crippen LogP contribution in [-0.2, 0) is 17.6 Å². The highest BCUT2D eigenvalue weighted by atomic mass is 127. The molecule has 1 saturated heterocycles. The van der Waals surface area contributed by atoms with Crippen LogP contribution in [-0.4, -0.2) is 50.0 Å². The molecule has 0 bridgehead atoms. The Kier molecular flexibility index (Phi) is 10.5. The van der Waals surface area contributed by atoms with Crippen molar-refractivity contribution in [1.29, 1.82) is 0 Å². The minimum Gasteiger partial charge on any atom is -0.469 e. The van der Waals surface area contributed by atoms with Crippen LogP contribution in [0.15, 0.2) is 45.3 Å². The number of rotatable bonds is 8. The molecule has 0 atom stereocenters. The van der Waals surface area contributed by atoms with E-state index in [4.69, 9.17) is 9.41 Å². The Labute approximate surface area is 194 Å². The molecule has 3 heterocycles. The van der Waals surface area contributed by atoms with Crippen LogP contribution >= 0.6 is 35.3 Å². The van der Waals surface area contributed by atoms with E-state index in [1.54, 1.807) is 24.6 Å². The molecule has 3 rings (SSSR count). The molecule has 1 fully saturated rings. The van der Waals surface area contributed by atoms with Crippen LogP contribution in [0.4, 0.5) is 0 Å². The molecule has 0 saturated carbocycles. The molecule has 6 nitrogen and oxygen atoms in total. The van der Waals surface area contributed by atoms with E-state index in [1.165, 1.54) is 4.88 Å². The van der Waals surface area contributed by atoms with Gasteiger partial charge in [-0.1, -0.05) is 6.07 Å². The number of nitrogens with zero attached hydrogens (tertiary/aromatic N) is 2. The number of likely N-dealkylation sites (tertiary alicyclic amines) is 1. The summed E-state index contributed by atoms with van der Waals surface area (Å²) in [5.74, 6) is 2.56. The molecule has 0 aromatic carbocycles. The first kappa shape index (κ1) is 23.7. The fourth-order valence-electron chi connectivity index (χ4n) is 3.46. The normalized spacial score (nSPS) is 15.1. The summed E-state index contributed by atoms with van der Waals surface area (Å²) >= 11 is 1.78. The van der Waals surface area contributed by atoms with Crippen molar-refractivity contribution in [1.82, 2.24) is 15.5 Å². The second-order valence-corrected chi connectivity index (χ2v) is 8.13. The van der Waals surface area contributed by atoms with Crippen molar-refractivity contribution in [3.8, 4) is 0 Å². The molecule has 2 N–H and O–H groups in total. The number of hydrogen-bond acceptors (Lipinski definition) is 4. The molecule has 160 valence electrons. The summed E-state index contributed by atoms with van der Waals surface area (Å²) in [6, 6.07) is 8.17. The van der Waals surface area contributed by atoms with E-state index < -0.39 is 0 Å². The highest BCUT2D eigenvalue weighted by Crippen LogP contribution is 2.20. The number of guanidine groups is 1. The van der Waals surface area contributed by atoms with E-state index in [0.29, 0.717) is 12.3 Å². The molecule has 0 radical (unpaired) electrons. The zero-order valence-corrected chi connectivity index (χ0v) is 20.1. The first-order chi connectivity index (χ1) is 13.7. The molecule has 2 aromatic rings. The molecule has 0 unspecified atom stereocenters. The summed E-state index contributed by atoms with van der Waals surface area (Å²) in [6.45, 7) is 3.45. The fraction of sp³-hybridized carbons (Fsp3) is 0.524. The minimum absolute atomic E-state index is 0. The predicted octanol–water partition coefficient (Wildman–Crippen LogP) is 3.54. The second kappa shape index (κ2) is 12.9. The van der Waals surface area contributed by atoms with Crippen molar-refractivity contribution in [2.45, 2.75) is 32.1 Å². The van der Waals surface area contributed by atoms with E-state index in [2.05, 4.69) is 33.0 Å². The summed E-state index contributed by atoms with van der Waals surface area (Å²) in [5, 5.41) is 8.36. The van der Waals surface area contributed by atoms with Crippen LogP contribution in [0.2, 0.25) is 0 Å². The quantitative estimate of drug-likeness (QED) is 0.311. The number of carbonyl (C=O) groups excluding carboxylic acids is 1. The van der Waals surface area contributed by atoms with E-state index in [1.807, 2.05) is 12.1 Å². The zero-order valence-electron chi connectivity index (χ0n) is 16.9. The summed E-state index contributed by atoms with van der Waals surface area (Å²) in [5.41, 5.74) is 0. The lowest BCUT2D eigenvalue weighted by atomic mass is 9.93. The van der Waals surface area contributed by atoms with Gasteiger partial charge in [-0.2, -0.15) is 0 Å². The molecule has 1 aliphatic heterocycles. The van der Waals surface area contributed by atoms with Gasteiger partial charge in [-0.05, 0) is 42.3 Å². The number of piperidine rings is 1. The maximum Gasteiger partial charge on any atom is 0.220 e. The first-order valence-corrected chi connectivity index (χ1v) is 10.9. The van der Waals surface area contributed by atoms with Gasteiger partial charge in [0.05, 0.1) is 6.26 Å². The number of aliphatic imine (C=N–C) groups is 1. The van der Waals surface area contributed by atoms with E-state index >= 15 is 0 Å². The number of thiophene rings is 1. The van der Waals surface area contributed by atoms with Crippen molar-refractivity contribution in [3.63, 3.8) is 0 Å². The van der Waals surface area contributed by atoms with Gasteiger partial charge in [0, 0.05) is 57.4 Å². The van der Waals surface area contributed by atoms with Gasteiger partial charge in [-0.15, -0.1) is 35.3 Å². The zero-order chi connectivity index (χ0) is 19.6. The monoisotopic (exact) mass is 530 g/mol. The third-order valence-corrected chi connectivity index (χ3v) is 6.04. The average Bonchev–Trinajstić information content (AvgIpc) is 3.41. The average molecular weight is 530 g/mol. The van der Waals surface area contributed by atoms with Gasteiger partial charge in [0.2, 0.25) is 5.91 Å². The van der Waals surface area contributed by atoms with Gasteiger partial charge in [0.1, 0.15) is 5.76 Å². The predicted molar refractivity (Wildman–Crippen MR) is 129 cm³/mol. The summed E-state index contributed by atoms with van der Waals surface area (Å²) in [4.78, 5) is 20.2. The first-order valence-electron chi connectivity index (χ1n) is 10.0. The third kappa shape index (κ3) is 8.00. The van der Waals surface area contributed by atoms with Crippen LogP contribution in [0.5, 0.6) is 0 Å². The molecule has 0 spiro atoms. The van der Waals surface area contributed by atoms with Crippen LogP contribution in [0.25, 0.3) is 0 Å². The number of nitrogens with one attached hydrogen (secondary N) is 2. The molecular formula is C21H31IN4O2S. The summed E-state index contributed by atoms with van der Waals surface area (Å²) < 4.78 is 5.42. The van der Waals surface area contributed by atoms with Crippen LogP contribution in [0.3, 0.4) is 0 Å². The molecule has 8 heteroatoms. The van der Waals surface area contributed by atoms with Crippen LogP contribution in [0, 0.1) is 5.92 Å². The van der Waals surface area contributed by atoms with Gasteiger partial charge in [-0.3, -0.25) is 9.79 Å². The van der Waals surface area contributed by atoms with Gasteiger partial charge >= 0.3 is 0 Å². The molecule has 29 heavy (non-hydrogen) atoms. The van der Waals surface area contributed by atoms with E-state index in [9.17, 15) is 4.79 Å². The lowest BCUT2D eigenvalue weighted by Crippen LogP contribution is -2.46. The Morgan fingerprint density at radius 2 is 2.10 bits per heavy atom. The Morgan fingerprint density at radius 1 is 1.28 bits per heavy atom. The van der Waals surface area contributed by atoms with Crippen LogP contribution in [0.1, 0.15) is 29.9 Å². The highest BCUT2D eigenvalue weighted by Gasteiger charge is 2.23. The molecule has 0 aliphatic carbocycles. The van der Waals surface area contributed by atoms with Gasteiger partial charge in [0.25, 0.3) is 0 Å². The topological polar surface area (TPSA) is 69.9 Å². The number of hydrogen-bond donors (Lipinski definition) is 2. The van der Waals surface area contributed by atoms with Crippen LogP contribution < -0.4 is 10.6 Å². The molecule has 1 amide bonds. The van der Waals surface area contributed by atoms with Crippen molar-refractivity contribution in [3.05, 3.63) is 46.5 Å². The SMILES string of the molecule is CNC(=O)CC1CCN(C(=NCCc2cccs2)NCCc2ccco2)CC1.I. The van der Waals surface area contributed by atoms with Crippen molar-refractivity contribution < 1.29 is 9.21 Å². The largest absolute Gasteiger partial charge is 0.469 e. The van der Waals surface area contributed by atoms with Gasteiger partial charge in [0.15, 0.2) is 5.96 Å². The van der Waals surface area contributed by atoms with Gasteiger partial charge < -0.3 is 20.0 Å². The van der Waals surface area contributed by atoms with E-state index in [0.717, 1.165) is 63.6 Å². The second-order valence-electron chi connectivity index (χ2n) is 7.10. The third-order valence-electron chi connectivity index (χ3n) is 5.10.